The van der Waals surface area contributed by atoms with Gasteiger partial charge in [0.25, 0.3) is 0 Å². The first-order valence-electron chi connectivity index (χ1n) is 5.09. The van der Waals surface area contributed by atoms with Crippen molar-refractivity contribution in [2.45, 2.75) is 18.4 Å². The Balaban J connectivity index is 2.11. The number of H-pyrrole nitrogens is 1. The van der Waals surface area contributed by atoms with Gasteiger partial charge in [-0.05, 0) is 13.0 Å². The van der Waals surface area contributed by atoms with Gasteiger partial charge in [-0.1, -0.05) is 0 Å². The van der Waals surface area contributed by atoms with E-state index in [-0.39, 0.29) is 11.4 Å². The summed E-state index contributed by atoms with van der Waals surface area (Å²) in [5.74, 6) is 0. The van der Waals surface area contributed by atoms with E-state index in [0.29, 0.717) is 0 Å². The van der Waals surface area contributed by atoms with Gasteiger partial charge < -0.3 is 4.57 Å². The molecule has 0 spiro atoms. The van der Waals surface area contributed by atoms with Gasteiger partial charge in [0, 0.05) is 37.2 Å². The molecule has 92 valence electrons. The second-order valence-corrected chi connectivity index (χ2v) is 5.62. The van der Waals surface area contributed by atoms with Crippen LogP contribution in [0.4, 0.5) is 0 Å². The van der Waals surface area contributed by atoms with Crippen LogP contribution in [0.15, 0.2) is 29.6 Å². The van der Waals surface area contributed by atoms with Crippen molar-refractivity contribution in [2.24, 2.45) is 7.05 Å². The Morgan fingerprint density at radius 1 is 1.53 bits per heavy atom. The number of nitrogens with zero attached hydrogens (tertiary/aromatic N) is 2. The van der Waals surface area contributed by atoms with Crippen molar-refractivity contribution in [1.29, 1.82) is 0 Å². The number of rotatable bonds is 4. The molecule has 0 fully saturated rings. The van der Waals surface area contributed by atoms with Crippen molar-refractivity contribution in [1.82, 2.24) is 19.5 Å². The molecule has 2 heterocycles. The summed E-state index contributed by atoms with van der Waals surface area (Å²) in [6, 6.07) is 1.56. The molecule has 7 heteroatoms. The number of hydrogen-bond acceptors (Lipinski definition) is 3. The molecule has 0 aliphatic heterocycles. The molecule has 2 rings (SSSR count). The number of aryl methyl sites for hydroxylation is 2. The zero-order valence-electron chi connectivity index (χ0n) is 9.64. The molecule has 0 atom stereocenters. The second-order valence-electron chi connectivity index (χ2n) is 3.86. The molecule has 2 N–H and O–H groups in total. The van der Waals surface area contributed by atoms with E-state index in [1.54, 1.807) is 36.3 Å². The second kappa shape index (κ2) is 4.34. The number of sulfonamides is 1. The molecule has 0 aliphatic carbocycles. The van der Waals surface area contributed by atoms with Gasteiger partial charge in [0.15, 0.2) is 0 Å². The van der Waals surface area contributed by atoms with Crippen molar-refractivity contribution in [3.63, 3.8) is 0 Å². The topological polar surface area (TPSA) is 79.8 Å². The smallest absolute Gasteiger partial charge is 0.242 e. The first-order chi connectivity index (χ1) is 7.99. The highest BCUT2D eigenvalue weighted by atomic mass is 32.2. The maximum atomic E-state index is 11.9. The van der Waals surface area contributed by atoms with E-state index < -0.39 is 10.0 Å². The summed E-state index contributed by atoms with van der Waals surface area (Å²) in [6.45, 7) is 2.08. The van der Waals surface area contributed by atoms with Gasteiger partial charge in [-0.15, -0.1) is 0 Å². The fraction of sp³-hybridized carbons (Fsp3) is 0.300. The lowest BCUT2D eigenvalue weighted by molar-refractivity contribution is 0.581. The lowest BCUT2D eigenvalue weighted by Gasteiger charge is -2.03. The third-order valence-corrected chi connectivity index (χ3v) is 3.89. The van der Waals surface area contributed by atoms with Crippen molar-refractivity contribution in [3.05, 3.63) is 35.9 Å². The average molecular weight is 254 g/mol. The molecule has 2 aromatic heterocycles. The van der Waals surface area contributed by atoms with Gasteiger partial charge in [0.2, 0.25) is 10.0 Å². The summed E-state index contributed by atoms with van der Waals surface area (Å²) in [6.07, 6.45) is 4.87. The predicted octanol–water partition coefficient (Wildman–Crippen LogP) is 0.535. The van der Waals surface area contributed by atoms with Crippen LogP contribution in [0.5, 0.6) is 0 Å². The van der Waals surface area contributed by atoms with Gasteiger partial charge >= 0.3 is 0 Å². The molecule has 17 heavy (non-hydrogen) atoms. The largest absolute Gasteiger partial charge is 0.356 e. The molecule has 0 unspecified atom stereocenters. The standard InChI is InChI=1S/C10H14N4O2S/c1-8-9(5-11-13-8)6-12-17(15,16)10-3-4-14(2)7-10/h3-5,7,12H,6H2,1-2H3,(H,11,13). The fourth-order valence-corrected chi connectivity index (χ4v) is 2.50. The minimum atomic E-state index is -3.44. The van der Waals surface area contributed by atoms with Crippen LogP contribution in [-0.4, -0.2) is 23.2 Å². The average Bonchev–Trinajstić information content (AvgIpc) is 2.85. The van der Waals surface area contributed by atoms with Crippen LogP contribution in [0.1, 0.15) is 11.3 Å². The third kappa shape index (κ3) is 2.56. The van der Waals surface area contributed by atoms with E-state index in [9.17, 15) is 8.42 Å². The van der Waals surface area contributed by atoms with Crippen LogP contribution in [0, 0.1) is 6.92 Å². The van der Waals surface area contributed by atoms with Crippen LogP contribution in [0.3, 0.4) is 0 Å². The highest BCUT2D eigenvalue weighted by Crippen LogP contribution is 2.10. The van der Waals surface area contributed by atoms with Crippen LogP contribution in [0.25, 0.3) is 0 Å². The van der Waals surface area contributed by atoms with E-state index >= 15 is 0 Å². The highest BCUT2D eigenvalue weighted by Gasteiger charge is 2.15. The van der Waals surface area contributed by atoms with E-state index in [2.05, 4.69) is 14.9 Å². The first kappa shape index (κ1) is 11.9. The zero-order valence-corrected chi connectivity index (χ0v) is 10.5. The van der Waals surface area contributed by atoms with Crippen LogP contribution in [0.2, 0.25) is 0 Å². The number of nitrogens with one attached hydrogen (secondary N) is 2. The molecule has 0 bridgehead atoms. The van der Waals surface area contributed by atoms with Crippen LogP contribution >= 0.6 is 0 Å². The molecular weight excluding hydrogens is 240 g/mol. The van der Waals surface area contributed by atoms with Crippen molar-refractivity contribution in [2.75, 3.05) is 0 Å². The fourth-order valence-electron chi connectivity index (χ4n) is 1.45. The van der Waals surface area contributed by atoms with E-state index in [0.717, 1.165) is 11.3 Å². The molecule has 0 aromatic carbocycles. The summed E-state index contributed by atoms with van der Waals surface area (Å²) < 4.78 is 28.0. The predicted molar refractivity (Wildman–Crippen MR) is 62.8 cm³/mol. The monoisotopic (exact) mass is 254 g/mol. The summed E-state index contributed by atoms with van der Waals surface area (Å²) in [5, 5.41) is 6.60. The Morgan fingerprint density at radius 3 is 2.82 bits per heavy atom. The third-order valence-electron chi connectivity index (χ3n) is 2.50. The number of aromatic nitrogens is 3. The lowest BCUT2D eigenvalue weighted by atomic mass is 10.3. The zero-order chi connectivity index (χ0) is 12.5. The van der Waals surface area contributed by atoms with E-state index in [1.165, 1.54) is 0 Å². The van der Waals surface area contributed by atoms with Gasteiger partial charge in [0.1, 0.15) is 0 Å². The Labute approximate surface area is 99.7 Å². The molecule has 0 saturated heterocycles. The minimum Gasteiger partial charge on any atom is -0.356 e. The highest BCUT2D eigenvalue weighted by molar-refractivity contribution is 7.89. The van der Waals surface area contributed by atoms with Crippen LogP contribution in [-0.2, 0) is 23.6 Å². The van der Waals surface area contributed by atoms with E-state index in [4.69, 9.17) is 0 Å². The Bertz CT molecular complexity index is 612. The molecule has 0 saturated carbocycles. The summed E-state index contributed by atoms with van der Waals surface area (Å²) in [4.78, 5) is 0.265. The summed E-state index contributed by atoms with van der Waals surface area (Å²) in [5.41, 5.74) is 1.70. The maximum absolute atomic E-state index is 11.9. The van der Waals surface area contributed by atoms with Gasteiger partial charge in [-0.2, -0.15) is 5.10 Å². The molecular formula is C10H14N4O2S. The summed E-state index contributed by atoms with van der Waals surface area (Å²) >= 11 is 0. The first-order valence-corrected chi connectivity index (χ1v) is 6.58. The molecule has 0 amide bonds. The van der Waals surface area contributed by atoms with Gasteiger partial charge in [-0.25, -0.2) is 13.1 Å². The summed E-state index contributed by atoms with van der Waals surface area (Å²) in [7, 11) is -1.67. The SMILES string of the molecule is Cc1[nH]ncc1CNS(=O)(=O)c1ccn(C)c1. The lowest BCUT2D eigenvalue weighted by Crippen LogP contribution is -2.23. The number of aromatic amines is 1. The molecule has 0 aliphatic rings. The minimum absolute atomic E-state index is 0.236. The molecule has 0 radical (unpaired) electrons. The Hall–Kier alpha value is -1.60. The Morgan fingerprint density at radius 2 is 2.29 bits per heavy atom. The quantitative estimate of drug-likeness (QED) is 0.835. The van der Waals surface area contributed by atoms with E-state index in [1.807, 2.05) is 6.92 Å². The molecule has 6 nitrogen and oxygen atoms in total. The normalized spacial score (nSPS) is 11.9. The molecule has 2 aromatic rings. The number of hydrogen-bond donors (Lipinski definition) is 2. The van der Waals surface area contributed by atoms with Crippen molar-refractivity contribution < 1.29 is 8.42 Å². The van der Waals surface area contributed by atoms with Gasteiger partial charge in [0.05, 0.1) is 11.1 Å². The van der Waals surface area contributed by atoms with Crippen LogP contribution < -0.4 is 4.72 Å². The van der Waals surface area contributed by atoms with Gasteiger partial charge in [-0.3, -0.25) is 5.10 Å². The van der Waals surface area contributed by atoms with Crippen molar-refractivity contribution in [3.8, 4) is 0 Å². The van der Waals surface area contributed by atoms with Crippen molar-refractivity contribution >= 4 is 10.0 Å². The Kier molecular flexibility index (Phi) is 3.03. The maximum Gasteiger partial charge on any atom is 0.242 e.